The van der Waals surface area contributed by atoms with Crippen molar-refractivity contribution >= 4 is 5.82 Å². The molecule has 0 aliphatic heterocycles. The number of rotatable bonds is 5. The fourth-order valence-electron chi connectivity index (χ4n) is 1.22. The van der Waals surface area contributed by atoms with Gasteiger partial charge in [-0.05, 0) is 31.9 Å². The average Bonchev–Trinajstić information content (AvgIpc) is 2.20. The van der Waals surface area contributed by atoms with E-state index in [-0.39, 0.29) is 12.6 Å². The average molecular weight is 195 g/mol. The van der Waals surface area contributed by atoms with E-state index < -0.39 is 0 Å². The van der Waals surface area contributed by atoms with E-state index in [1.54, 1.807) is 0 Å². The van der Waals surface area contributed by atoms with E-state index in [0.29, 0.717) is 0 Å². The smallest absolute Gasteiger partial charge is 0.148 e. The first-order chi connectivity index (χ1) is 6.76. The van der Waals surface area contributed by atoms with Crippen LogP contribution in [0.5, 0.6) is 0 Å². The molecule has 1 aromatic heterocycles. The van der Waals surface area contributed by atoms with Crippen LogP contribution >= 0.6 is 0 Å². The Bertz CT molecular complexity index is 261. The molecular formula is C10H17N3O. The number of nitrogens with zero attached hydrogens (tertiary/aromatic N) is 2. The predicted octanol–water partition coefficient (Wildman–Crippen LogP) is 1.36. The van der Waals surface area contributed by atoms with Crippen molar-refractivity contribution < 1.29 is 5.11 Å². The maximum Gasteiger partial charge on any atom is 0.148 e. The molecule has 1 rings (SSSR count). The maximum atomic E-state index is 8.81. The van der Waals surface area contributed by atoms with Crippen LogP contribution in [0, 0.1) is 6.92 Å². The van der Waals surface area contributed by atoms with Crippen LogP contribution in [0.15, 0.2) is 12.1 Å². The molecule has 4 heteroatoms. The van der Waals surface area contributed by atoms with Crippen molar-refractivity contribution in [1.29, 1.82) is 0 Å². The van der Waals surface area contributed by atoms with Crippen molar-refractivity contribution in [2.24, 2.45) is 0 Å². The molecular weight excluding hydrogens is 178 g/mol. The van der Waals surface area contributed by atoms with Crippen molar-refractivity contribution in [1.82, 2.24) is 10.2 Å². The molecule has 1 heterocycles. The molecule has 0 saturated heterocycles. The van der Waals surface area contributed by atoms with E-state index in [2.05, 4.69) is 22.4 Å². The molecule has 0 aliphatic carbocycles. The SMILES string of the molecule is CCC(CCO)Nc1ccc(C)nn1. The van der Waals surface area contributed by atoms with Gasteiger partial charge < -0.3 is 10.4 Å². The number of hydrogen-bond donors (Lipinski definition) is 2. The van der Waals surface area contributed by atoms with Crippen LogP contribution in [0.1, 0.15) is 25.5 Å². The molecule has 4 nitrogen and oxygen atoms in total. The van der Waals surface area contributed by atoms with Crippen molar-refractivity contribution in [3.8, 4) is 0 Å². The third-order valence-electron chi connectivity index (χ3n) is 2.12. The summed E-state index contributed by atoms with van der Waals surface area (Å²) in [5.74, 6) is 0.774. The predicted molar refractivity (Wildman–Crippen MR) is 56.2 cm³/mol. The van der Waals surface area contributed by atoms with Crippen LogP contribution in [0.3, 0.4) is 0 Å². The zero-order valence-electron chi connectivity index (χ0n) is 8.70. The summed E-state index contributed by atoms with van der Waals surface area (Å²) < 4.78 is 0. The second-order valence-electron chi connectivity index (χ2n) is 3.32. The van der Waals surface area contributed by atoms with E-state index in [4.69, 9.17) is 5.11 Å². The number of nitrogens with one attached hydrogen (secondary N) is 1. The van der Waals surface area contributed by atoms with Crippen LogP contribution in [0.2, 0.25) is 0 Å². The highest BCUT2D eigenvalue weighted by molar-refractivity contribution is 5.33. The Morgan fingerprint density at radius 3 is 2.71 bits per heavy atom. The number of anilines is 1. The molecule has 0 amide bonds. The number of aromatic nitrogens is 2. The first-order valence-corrected chi connectivity index (χ1v) is 4.94. The van der Waals surface area contributed by atoms with Gasteiger partial charge in [-0.1, -0.05) is 6.92 Å². The molecule has 0 bridgehead atoms. The van der Waals surface area contributed by atoms with E-state index in [1.807, 2.05) is 19.1 Å². The van der Waals surface area contributed by atoms with Gasteiger partial charge in [0.25, 0.3) is 0 Å². The second kappa shape index (κ2) is 5.54. The lowest BCUT2D eigenvalue weighted by Crippen LogP contribution is -2.20. The third-order valence-corrected chi connectivity index (χ3v) is 2.12. The van der Waals surface area contributed by atoms with E-state index >= 15 is 0 Å². The monoisotopic (exact) mass is 195 g/mol. The number of aryl methyl sites for hydroxylation is 1. The highest BCUT2D eigenvalue weighted by Gasteiger charge is 2.05. The molecule has 0 fully saturated rings. The van der Waals surface area contributed by atoms with Gasteiger partial charge in [0.05, 0.1) is 5.69 Å². The third kappa shape index (κ3) is 3.30. The Morgan fingerprint density at radius 1 is 1.43 bits per heavy atom. The van der Waals surface area contributed by atoms with Crippen LogP contribution in [-0.4, -0.2) is 28.0 Å². The molecule has 14 heavy (non-hydrogen) atoms. The van der Waals surface area contributed by atoms with Gasteiger partial charge >= 0.3 is 0 Å². The maximum absolute atomic E-state index is 8.81. The van der Waals surface area contributed by atoms with Gasteiger partial charge in [-0.15, -0.1) is 5.10 Å². The summed E-state index contributed by atoms with van der Waals surface area (Å²) in [7, 11) is 0. The summed E-state index contributed by atoms with van der Waals surface area (Å²) in [5.41, 5.74) is 0.908. The quantitative estimate of drug-likeness (QED) is 0.744. The molecule has 2 N–H and O–H groups in total. The summed E-state index contributed by atoms with van der Waals surface area (Å²) in [6.07, 6.45) is 1.71. The van der Waals surface area contributed by atoms with Crippen LogP contribution < -0.4 is 5.32 Å². The summed E-state index contributed by atoms with van der Waals surface area (Å²) in [5, 5.41) is 20.0. The summed E-state index contributed by atoms with van der Waals surface area (Å²) >= 11 is 0. The minimum Gasteiger partial charge on any atom is -0.396 e. The standard InChI is InChI=1S/C10H17N3O/c1-3-9(6-7-14)11-10-5-4-8(2)12-13-10/h4-5,9,14H,3,6-7H2,1-2H3,(H,11,13). The summed E-state index contributed by atoms with van der Waals surface area (Å²) in [6.45, 7) is 4.18. The van der Waals surface area contributed by atoms with E-state index in [9.17, 15) is 0 Å². The first kappa shape index (κ1) is 10.9. The van der Waals surface area contributed by atoms with Crippen LogP contribution in [-0.2, 0) is 0 Å². The molecule has 1 atom stereocenters. The van der Waals surface area contributed by atoms with Crippen LogP contribution in [0.4, 0.5) is 5.82 Å². The van der Waals surface area contributed by atoms with Crippen molar-refractivity contribution in [3.63, 3.8) is 0 Å². The number of aliphatic hydroxyl groups excluding tert-OH is 1. The van der Waals surface area contributed by atoms with Gasteiger partial charge in [0.2, 0.25) is 0 Å². The Labute approximate surface area is 84.4 Å². The molecule has 78 valence electrons. The topological polar surface area (TPSA) is 58.0 Å². The fourth-order valence-corrected chi connectivity index (χ4v) is 1.22. The first-order valence-electron chi connectivity index (χ1n) is 4.94. The van der Waals surface area contributed by atoms with Crippen molar-refractivity contribution in [2.75, 3.05) is 11.9 Å². The zero-order chi connectivity index (χ0) is 10.4. The normalized spacial score (nSPS) is 12.5. The van der Waals surface area contributed by atoms with Gasteiger partial charge in [0.1, 0.15) is 5.82 Å². The minimum atomic E-state index is 0.199. The minimum absolute atomic E-state index is 0.199. The second-order valence-corrected chi connectivity index (χ2v) is 3.32. The van der Waals surface area contributed by atoms with Gasteiger partial charge in [-0.25, -0.2) is 0 Å². The molecule has 1 unspecified atom stereocenters. The molecule has 0 radical (unpaired) electrons. The Balaban J connectivity index is 2.53. The summed E-state index contributed by atoms with van der Waals surface area (Å²) in [6, 6.07) is 4.10. The Hall–Kier alpha value is -1.16. The highest BCUT2D eigenvalue weighted by Crippen LogP contribution is 2.07. The fraction of sp³-hybridized carbons (Fsp3) is 0.600. The van der Waals surface area contributed by atoms with Crippen molar-refractivity contribution in [2.45, 2.75) is 32.7 Å². The van der Waals surface area contributed by atoms with Gasteiger partial charge in [-0.2, -0.15) is 5.10 Å². The Morgan fingerprint density at radius 2 is 2.21 bits per heavy atom. The molecule has 0 saturated carbocycles. The molecule has 0 aliphatic rings. The number of hydrogen-bond acceptors (Lipinski definition) is 4. The van der Waals surface area contributed by atoms with E-state index in [1.165, 1.54) is 0 Å². The lowest BCUT2D eigenvalue weighted by atomic mass is 10.1. The largest absolute Gasteiger partial charge is 0.396 e. The highest BCUT2D eigenvalue weighted by atomic mass is 16.3. The van der Waals surface area contributed by atoms with Crippen molar-refractivity contribution in [3.05, 3.63) is 17.8 Å². The van der Waals surface area contributed by atoms with Gasteiger partial charge in [-0.3, -0.25) is 0 Å². The lowest BCUT2D eigenvalue weighted by molar-refractivity contribution is 0.278. The van der Waals surface area contributed by atoms with E-state index in [0.717, 1.165) is 24.4 Å². The van der Waals surface area contributed by atoms with Crippen LogP contribution in [0.25, 0.3) is 0 Å². The van der Waals surface area contributed by atoms with Gasteiger partial charge in [0.15, 0.2) is 0 Å². The number of aliphatic hydroxyl groups is 1. The molecule has 0 aromatic carbocycles. The lowest BCUT2D eigenvalue weighted by Gasteiger charge is -2.15. The zero-order valence-corrected chi connectivity index (χ0v) is 8.70. The van der Waals surface area contributed by atoms with Gasteiger partial charge in [0, 0.05) is 12.6 Å². The summed E-state index contributed by atoms with van der Waals surface area (Å²) in [4.78, 5) is 0. The Kier molecular flexibility index (Phi) is 4.32. The molecule has 1 aromatic rings. The molecule has 0 spiro atoms.